The SMILES string of the molecule is CC(=O)O[C@H]1CC=C(C)[C@@H]2[C@H](OC(C)=O)[C@]34O[C@@]3(C)C(=O)O[C@H]4/C=C(\C)C[C@H](O)[C@H](OC(C)=O)[C@@]12C. The van der Waals surface area contributed by atoms with Crippen molar-refractivity contribution >= 4 is 23.9 Å². The number of ether oxygens (including phenoxy) is 5. The fourth-order valence-corrected chi connectivity index (χ4v) is 6.62. The molecule has 4 aliphatic rings. The van der Waals surface area contributed by atoms with Gasteiger partial charge in [0.1, 0.15) is 18.3 Å². The molecule has 0 aromatic heterocycles. The summed E-state index contributed by atoms with van der Waals surface area (Å²) in [5.41, 5.74) is -2.60. The van der Waals surface area contributed by atoms with Crippen LogP contribution in [-0.2, 0) is 42.9 Å². The van der Waals surface area contributed by atoms with Crippen molar-refractivity contribution in [3.8, 4) is 0 Å². The zero-order valence-corrected chi connectivity index (χ0v) is 21.7. The molecule has 36 heavy (non-hydrogen) atoms. The van der Waals surface area contributed by atoms with E-state index in [1.807, 2.05) is 13.0 Å². The lowest BCUT2D eigenvalue weighted by Gasteiger charge is -2.53. The molecule has 0 bridgehead atoms. The lowest BCUT2D eigenvalue weighted by atomic mass is 9.56. The molecular weight excluding hydrogens is 472 g/mol. The Hall–Kier alpha value is -2.72. The van der Waals surface area contributed by atoms with Gasteiger partial charge in [-0.05, 0) is 33.3 Å². The van der Waals surface area contributed by atoms with E-state index in [1.165, 1.54) is 20.8 Å². The van der Waals surface area contributed by atoms with Crippen LogP contribution in [0.15, 0.2) is 23.3 Å². The van der Waals surface area contributed by atoms with E-state index < -0.39 is 76.9 Å². The van der Waals surface area contributed by atoms with Crippen molar-refractivity contribution in [1.82, 2.24) is 0 Å². The highest BCUT2D eigenvalue weighted by molar-refractivity contribution is 5.89. The third-order valence-electron chi connectivity index (χ3n) is 8.18. The summed E-state index contributed by atoms with van der Waals surface area (Å²) in [6, 6.07) is 0. The zero-order valence-electron chi connectivity index (χ0n) is 21.7. The average molecular weight is 507 g/mol. The minimum Gasteiger partial charge on any atom is -0.461 e. The first-order valence-electron chi connectivity index (χ1n) is 12.1. The van der Waals surface area contributed by atoms with Gasteiger partial charge >= 0.3 is 23.9 Å². The molecule has 2 fully saturated rings. The van der Waals surface area contributed by atoms with E-state index in [1.54, 1.807) is 26.8 Å². The Morgan fingerprint density at radius 1 is 1.00 bits per heavy atom. The van der Waals surface area contributed by atoms with E-state index in [0.29, 0.717) is 5.57 Å². The van der Waals surface area contributed by atoms with Crippen LogP contribution in [-0.4, -0.2) is 70.7 Å². The second kappa shape index (κ2) is 8.69. The zero-order chi connectivity index (χ0) is 26.8. The summed E-state index contributed by atoms with van der Waals surface area (Å²) >= 11 is 0. The van der Waals surface area contributed by atoms with Gasteiger partial charge in [0.15, 0.2) is 17.3 Å². The highest BCUT2D eigenvalue weighted by Crippen LogP contribution is 2.65. The maximum absolute atomic E-state index is 12.9. The summed E-state index contributed by atoms with van der Waals surface area (Å²) in [6.07, 6.45) is -1.24. The second-order valence-electron chi connectivity index (χ2n) is 10.7. The quantitative estimate of drug-likeness (QED) is 0.261. The van der Waals surface area contributed by atoms with Gasteiger partial charge in [-0.2, -0.15) is 0 Å². The number of rotatable bonds is 3. The monoisotopic (exact) mass is 506 g/mol. The van der Waals surface area contributed by atoms with Gasteiger partial charge in [-0.25, -0.2) is 4.79 Å². The van der Waals surface area contributed by atoms with Crippen molar-refractivity contribution in [2.75, 3.05) is 0 Å². The number of esters is 4. The van der Waals surface area contributed by atoms with Gasteiger partial charge in [0.25, 0.3) is 0 Å². The van der Waals surface area contributed by atoms with Crippen LogP contribution in [0.25, 0.3) is 0 Å². The third kappa shape index (κ3) is 3.76. The molecule has 2 saturated heterocycles. The number of carbonyl (C=O) groups is 4. The Balaban J connectivity index is 2.02. The van der Waals surface area contributed by atoms with Crippen molar-refractivity contribution in [2.24, 2.45) is 11.3 Å². The van der Waals surface area contributed by atoms with E-state index in [-0.39, 0.29) is 12.8 Å². The smallest absolute Gasteiger partial charge is 0.342 e. The van der Waals surface area contributed by atoms with Crippen molar-refractivity contribution in [3.05, 3.63) is 23.3 Å². The molecule has 10 nitrogen and oxygen atoms in total. The first-order chi connectivity index (χ1) is 16.7. The number of aliphatic hydroxyl groups excluding tert-OH is 1. The fourth-order valence-electron chi connectivity index (χ4n) is 6.62. The van der Waals surface area contributed by atoms with Crippen molar-refractivity contribution in [1.29, 1.82) is 0 Å². The van der Waals surface area contributed by atoms with E-state index in [0.717, 1.165) is 5.57 Å². The summed E-state index contributed by atoms with van der Waals surface area (Å²) in [6.45, 7) is 10.7. The summed E-state index contributed by atoms with van der Waals surface area (Å²) in [4.78, 5) is 49.8. The topological polar surface area (TPSA) is 138 Å². The van der Waals surface area contributed by atoms with E-state index in [2.05, 4.69) is 0 Å². The predicted octanol–water partition coefficient (Wildman–Crippen LogP) is 1.92. The van der Waals surface area contributed by atoms with Gasteiger partial charge < -0.3 is 28.8 Å². The van der Waals surface area contributed by atoms with E-state index in [4.69, 9.17) is 23.7 Å². The highest BCUT2D eigenvalue weighted by atomic mass is 16.7. The van der Waals surface area contributed by atoms with Crippen molar-refractivity contribution in [3.63, 3.8) is 0 Å². The molecule has 10 heteroatoms. The molecule has 9 atom stereocenters. The lowest BCUT2D eigenvalue weighted by molar-refractivity contribution is -0.209. The molecule has 198 valence electrons. The molecule has 0 unspecified atom stereocenters. The summed E-state index contributed by atoms with van der Waals surface area (Å²) in [7, 11) is 0. The lowest BCUT2D eigenvalue weighted by Crippen LogP contribution is -2.64. The molecule has 0 aromatic carbocycles. The Bertz CT molecular complexity index is 1060. The van der Waals surface area contributed by atoms with Crippen LogP contribution in [0, 0.1) is 11.3 Å². The first-order valence-corrected chi connectivity index (χ1v) is 12.1. The largest absolute Gasteiger partial charge is 0.461 e. The van der Waals surface area contributed by atoms with E-state index >= 15 is 0 Å². The molecule has 2 aliphatic carbocycles. The normalized spacial score (nSPS) is 44.8. The van der Waals surface area contributed by atoms with Crippen LogP contribution < -0.4 is 0 Å². The summed E-state index contributed by atoms with van der Waals surface area (Å²) in [5, 5.41) is 11.4. The Morgan fingerprint density at radius 3 is 2.14 bits per heavy atom. The number of carbonyl (C=O) groups excluding carboxylic acids is 4. The van der Waals surface area contributed by atoms with Crippen LogP contribution in [0.5, 0.6) is 0 Å². The Morgan fingerprint density at radius 2 is 1.58 bits per heavy atom. The van der Waals surface area contributed by atoms with Gasteiger partial charge in [0.2, 0.25) is 0 Å². The first kappa shape index (κ1) is 26.3. The molecule has 2 heterocycles. The van der Waals surface area contributed by atoms with Crippen LogP contribution in [0.4, 0.5) is 0 Å². The van der Waals surface area contributed by atoms with Crippen LogP contribution >= 0.6 is 0 Å². The van der Waals surface area contributed by atoms with Gasteiger partial charge in [-0.15, -0.1) is 0 Å². The number of aliphatic hydroxyl groups is 1. The molecule has 0 aromatic rings. The minimum absolute atomic E-state index is 0.0921. The molecular formula is C26H34O10. The van der Waals surface area contributed by atoms with Crippen LogP contribution in [0.1, 0.15) is 61.3 Å². The third-order valence-corrected chi connectivity index (χ3v) is 8.18. The molecule has 1 N–H and O–H groups in total. The second-order valence-corrected chi connectivity index (χ2v) is 10.7. The molecule has 2 aliphatic heterocycles. The Labute approximate surface area is 209 Å². The molecule has 0 saturated carbocycles. The van der Waals surface area contributed by atoms with Crippen molar-refractivity contribution in [2.45, 2.75) is 103 Å². The minimum atomic E-state index is -1.38. The van der Waals surface area contributed by atoms with Gasteiger partial charge in [0, 0.05) is 33.1 Å². The predicted molar refractivity (Wildman–Crippen MR) is 123 cm³/mol. The summed E-state index contributed by atoms with van der Waals surface area (Å²) < 4.78 is 29.3. The highest BCUT2D eigenvalue weighted by Gasteiger charge is 2.87. The number of fused-ring (bicyclic) bond motifs is 1. The average Bonchev–Trinajstić information content (AvgIpc) is 3.33. The molecule has 1 spiro atoms. The van der Waals surface area contributed by atoms with E-state index in [9.17, 15) is 24.3 Å². The molecule has 0 radical (unpaired) electrons. The van der Waals surface area contributed by atoms with Crippen LogP contribution in [0.3, 0.4) is 0 Å². The van der Waals surface area contributed by atoms with Crippen molar-refractivity contribution < 1.29 is 48.0 Å². The maximum atomic E-state index is 12.9. The van der Waals surface area contributed by atoms with Gasteiger partial charge in [0.05, 0.1) is 11.5 Å². The van der Waals surface area contributed by atoms with Crippen LogP contribution in [0.2, 0.25) is 0 Å². The van der Waals surface area contributed by atoms with Gasteiger partial charge in [-0.1, -0.05) is 24.1 Å². The number of hydrogen-bond acceptors (Lipinski definition) is 10. The number of epoxide rings is 1. The maximum Gasteiger partial charge on any atom is 0.342 e. The summed E-state index contributed by atoms with van der Waals surface area (Å²) in [5.74, 6) is -3.15. The standard InChI is InChI=1S/C26H34O10/c1-12-10-17(30)21(33-15(4)28)24(6)18(32-14(3)27)9-8-13(2)20(24)22(34-16(5)29)26-19(11-12)35-23(31)25(26,7)36-26/h8,11,17-22,30H,9-10H2,1-7H3/b12-11+/t17-,18-,19-,20+,21-,22-,24-,25-,26-/m0/s1. The fraction of sp³-hybridized carbons (Fsp3) is 0.692. The Kier molecular flexibility index (Phi) is 6.36. The number of hydrogen-bond donors (Lipinski definition) is 1. The molecule has 0 amide bonds. The van der Waals surface area contributed by atoms with Gasteiger partial charge in [-0.3, -0.25) is 14.4 Å². The molecule has 4 rings (SSSR count).